The molecular weight excluding hydrogens is 450 g/mol. The molecule has 4 aromatic rings. The molecule has 0 radical (unpaired) electrons. The van der Waals surface area contributed by atoms with Crippen molar-refractivity contribution in [2.24, 2.45) is 0 Å². The number of aliphatic hydroxyl groups is 1. The summed E-state index contributed by atoms with van der Waals surface area (Å²) in [5.41, 5.74) is 4.15. The Morgan fingerprint density at radius 1 is 1.26 bits per heavy atom. The van der Waals surface area contributed by atoms with Gasteiger partial charge in [0.15, 0.2) is 11.2 Å². The first-order valence-corrected chi connectivity index (χ1v) is 11.2. The molecule has 178 valence electrons. The number of amides is 1. The molecule has 1 saturated heterocycles. The van der Waals surface area contributed by atoms with Gasteiger partial charge in [-0.1, -0.05) is 48.5 Å². The molecule has 3 heterocycles. The van der Waals surface area contributed by atoms with Crippen molar-refractivity contribution >= 4 is 23.2 Å². The highest BCUT2D eigenvalue weighted by molar-refractivity contribution is 5.84. The molecule has 10 nitrogen and oxygen atoms in total. The largest absolute Gasteiger partial charge is 0.448 e. The van der Waals surface area contributed by atoms with Gasteiger partial charge in [0.05, 0.1) is 18.5 Å². The number of hydrogen-bond donors (Lipinski definition) is 3. The minimum Gasteiger partial charge on any atom is -0.448 e. The third-order valence-corrected chi connectivity index (χ3v) is 6.51. The molecule has 10 heteroatoms. The molecule has 2 aromatic carbocycles. The van der Waals surface area contributed by atoms with E-state index in [2.05, 4.69) is 32.4 Å². The highest BCUT2D eigenvalue weighted by Crippen LogP contribution is 2.44. The second-order valence-corrected chi connectivity index (χ2v) is 8.62. The zero-order valence-electron chi connectivity index (χ0n) is 19.5. The van der Waals surface area contributed by atoms with Crippen molar-refractivity contribution < 1.29 is 20.7 Å². The van der Waals surface area contributed by atoms with E-state index in [-0.39, 0.29) is 43.0 Å². The monoisotopic (exact) mass is 474 g/mol. The highest BCUT2D eigenvalue weighted by atomic mass is 16.5. The van der Waals surface area contributed by atoms with Crippen molar-refractivity contribution in [3.05, 3.63) is 76.3 Å². The minimum absolute atomic E-state index is 0.0699. The van der Waals surface area contributed by atoms with Gasteiger partial charge in [-0.2, -0.15) is 4.98 Å². The standard InChI is InChI=1S/C25H23N5O5/c1-13-19(31)10-20(35-13)30-12-26-21-22(30)27-24(28-23(21)32)29-25(33)34-11-18-16-8-4-2-6-14(16)15-7-3-5-9-17(15)18/h2-9,12-13,18-20,31H,10-11H2,1H3,(H2,27,28,29,32,33)/t13-,19-,20-/m1/s1/i1D. The van der Waals surface area contributed by atoms with Crippen molar-refractivity contribution in [2.75, 3.05) is 11.9 Å². The van der Waals surface area contributed by atoms with Crippen LogP contribution in [0.2, 0.25) is 0 Å². The molecular formula is C25H23N5O5. The molecule has 2 aliphatic rings. The van der Waals surface area contributed by atoms with E-state index < -0.39 is 30.1 Å². The van der Waals surface area contributed by atoms with Crippen LogP contribution in [0.15, 0.2) is 59.7 Å². The van der Waals surface area contributed by atoms with Gasteiger partial charge < -0.3 is 14.6 Å². The van der Waals surface area contributed by atoms with Gasteiger partial charge in [-0.05, 0) is 29.2 Å². The average molecular weight is 474 g/mol. The molecule has 0 unspecified atom stereocenters. The molecule has 2 aromatic heterocycles. The van der Waals surface area contributed by atoms with Gasteiger partial charge in [0.2, 0.25) is 5.95 Å². The van der Waals surface area contributed by atoms with Crippen LogP contribution in [0.1, 0.15) is 38.0 Å². The van der Waals surface area contributed by atoms with Crippen LogP contribution >= 0.6 is 0 Å². The normalized spacial score (nSPS) is 21.5. The first-order valence-electron chi connectivity index (χ1n) is 12.0. The lowest BCUT2D eigenvalue weighted by Crippen LogP contribution is -2.22. The second-order valence-electron chi connectivity index (χ2n) is 8.62. The number of carbonyl (C=O) groups is 1. The summed E-state index contributed by atoms with van der Waals surface area (Å²) in [5.74, 6) is -0.197. The maximum absolute atomic E-state index is 12.6. The molecule has 1 aliphatic heterocycles. The van der Waals surface area contributed by atoms with Crippen LogP contribution < -0.4 is 10.9 Å². The Morgan fingerprint density at radius 3 is 2.66 bits per heavy atom. The Balaban J connectivity index is 1.20. The van der Waals surface area contributed by atoms with E-state index in [4.69, 9.17) is 10.8 Å². The third kappa shape index (κ3) is 3.67. The van der Waals surface area contributed by atoms with E-state index in [1.807, 2.05) is 36.4 Å². The molecule has 1 amide bonds. The fourth-order valence-corrected chi connectivity index (χ4v) is 4.81. The molecule has 0 spiro atoms. The molecule has 3 N–H and O–H groups in total. The summed E-state index contributed by atoms with van der Waals surface area (Å²) in [6, 6.07) is 16.1. The second kappa shape index (κ2) is 8.33. The number of aromatic nitrogens is 4. The van der Waals surface area contributed by atoms with Crippen molar-refractivity contribution in [3.8, 4) is 11.1 Å². The minimum atomic E-state index is -0.801. The molecule has 1 aliphatic carbocycles. The molecule has 3 atom stereocenters. The fraction of sp³-hybridized carbons (Fsp3) is 0.280. The van der Waals surface area contributed by atoms with Crippen LogP contribution in [0.25, 0.3) is 22.3 Å². The number of fused-ring (bicyclic) bond motifs is 4. The number of hydrogen-bond acceptors (Lipinski definition) is 7. The van der Waals surface area contributed by atoms with E-state index in [9.17, 15) is 14.7 Å². The summed E-state index contributed by atoms with van der Waals surface area (Å²) in [6.45, 7) is 0.0273. The lowest BCUT2D eigenvalue weighted by atomic mass is 9.98. The molecule has 1 fully saturated rings. The van der Waals surface area contributed by atoms with E-state index in [0.717, 1.165) is 22.3 Å². The average Bonchev–Trinajstić information content (AvgIpc) is 3.56. The molecule has 0 saturated carbocycles. The number of anilines is 1. The molecule has 6 rings (SSSR count). The zero-order valence-corrected chi connectivity index (χ0v) is 18.5. The number of aliphatic hydroxyl groups excluding tert-OH is 1. The van der Waals surface area contributed by atoms with Gasteiger partial charge in [0.25, 0.3) is 5.56 Å². The highest BCUT2D eigenvalue weighted by Gasteiger charge is 2.33. The number of aromatic amines is 1. The zero-order chi connectivity index (χ0) is 24.8. The van der Waals surface area contributed by atoms with Crippen LogP contribution in [0.3, 0.4) is 0 Å². The first-order chi connectivity index (χ1) is 17.5. The summed E-state index contributed by atoms with van der Waals surface area (Å²) in [5, 5.41) is 12.6. The summed E-state index contributed by atoms with van der Waals surface area (Å²) in [4.78, 5) is 36.1. The smallest absolute Gasteiger partial charge is 0.414 e. The first kappa shape index (κ1) is 20.4. The van der Waals surface area contributed by atoms with Gasteiger partial charge in [0, 0.05) is 13.7 Å². The SMILES string of the molecule is [2H]C[C@H]1O[C@@H](n2cnc3c(=O)[nH]c(NC(=O)OCC4c5ccccc5-c5ccccc54)nc32)C[C@H]1O. The number of imidazole rings is 1. The quantitative estimate of drug-likeness (QED) is 0.414. The van der Waals surface area contributed by atoms with Gasteiger partial charge in [-0.15, -0.1) is 0 Å². The number of benzene rings is 2. The van der Waals surface area contributed by atoms with Crippen LogP contribution in [-0.2, 0) is 9.47 Å². The van der Waals surface area contributed by atoms with Crippen LogP contribution in [0.5, 0.6) is 0 Å². The number of rotatable bonds is 4. The molecule has 0 bridgehead atoms. The predicted octanol–water partition coefficient (Wildman–Crippen LogP) is 3.15. The van der Waals surface area contributed by atoms with Crippen LogP contribution in [-0.4, -0.2) is 49.5 Å². The van der Waals surface area contributed by atoms with Crippen LogP contribution in [0.4, 0.5) is 10.7 Å². The maximum atomic E-state index is 12.6. The van der Waals surface area contributed by atoms with Crippen LogP contribution in [0, 0.1) is 0 Å². The molecule has 35 heavy (non-hydrogen) atoms. The number of nitrogens with zero attached hydrogens (tertiary/aromatic N) is 3. The van der Waals surface area contributed by atoms with E-state index >= 15 is 0 Å². The van der Waals surface area contributed by atoms with E-state index in [0.29, 0.717) is 0 Å². The lowest BCUT2D eigenvalue weighted by Gasteiger charge is -2.15. The Morgan fingerprint density at radius 2 is 1.97 bits per heavy atom. The number of carbonyl (C=O) groups excluding carboxylic acids is 1. The van der Waals surface area contributed by atoms with Gasteiger partial charge >= 0.3 is 6.09 Å². The van der Waals surface area contributed by atoms with Gasteiger partial charge in [-0.25, -0.2) is 9.78 Å². The summed E-state index contributed by atoms with van der Waals surface area (Å²) < 4.78 is 20.3. The Kier molecular flexibility index (Phi) is 4.85. The third-order valence-electron chi connectivity index (χ3n) is 6.51. The Labute approximate surface area is 201 Å². The lowest BCUT2D eigenvalue weighted by molar-refractivity contribution is -0.00631. The predicted molar refractivity (Wildman–Crippen MR) is 127 cm³/mol. The number of nitrogens with one attached hydrogen (secondary N) is 2. The van der Waals surface area contributed by atoms with Crippen molar-refractivity contribution in [3.63, 3.8) is 0 Å². The maximum Gasteiger partial charge on any atom is 0.414 e. The number of ether oxygens (including phenoxy) is 2. The van der Waals surface area contributed by atoms with Gasteiger partial charge in [-0.3, -0.25) is 19.7 Å². The van der Waals surface area contributed by atoms with Crippen molar-refractivity contribution in [2.45, 2.75) is 37.7 Å². The van der Waals surface area contributed by atoms with E-state index in [1.54, 1.807) is 0 Å². The fourth-order valence-electron chi connectivity index (χ4n) is 4.81. The Bertz CT molecular complexity index is 1470. The Hall–Kier alpha value is -4.02. The number of H-pyrrole nitrogens is 1. The van der Waals surface area contributed by atoms with Gasteiger partial charge in [0.1, 0.15) is 12.8 Å². The van der Waals surface area contributed by atoms with E-state index in [1.165, 1.54) is 10.9 Å². The summed E-state index contributed by atoms with van der Waals surface area (Å²) >= 11 is 0. The summed E-state index contributed by atoms with van der Waals surface area (Å²) in [7, 11) is 0. The summed E-state index contributed by atoms with van der Waals surface area (Å²) in [6.07, 6.45) is -1.19. The topological polar surface area (TPSA) is 131 Å². The van der Waals surface area contributed by atoms with Crippen molar-refractivity contribution in [1.29, 1.82) is 0 Å². The van der Waals surface area contributed by atoms with Crippen molar-refractivity contribution in [1.82, 2.24) is 19.5 Å².